The molecule has 0 atom stereocenters. The molecule has 25 heavy (non-hydrogen) atoms. The number of nitrogens with one attached hydrogen (secondary N) is 2. The van der Waals surface area contributed by atoms with E-state index < -0.39 is 5.83 Å². The van der Waals surface area contributed by atoms with Crippen molar-refractivity contribution in [1.82, 2.24) is 20.4 Å². The van der Waals surface area contributed by atoms with E-state index in [1.54, 1.807) is 12.1 Å². The lowest BCUT2D eigenvalue weighted by Gasteiger charge is -2.02. The summed E-state index contributed by atoms with van der Waals surface area (Å²) in [5.41, 5.74) is 1.61. The maximum absolute atomic E-state index is 14.6. The summed E-state index contributed by atoms with van der Waals surface area (Å²) in [4.78, 5) is 0. The lowest BCUT2D eigenvalue weighted by Crippen LogP contribution is -1.99. The molecule has 6 nitrogen and oxygen atoms in total. The highest BCUT2D eigenvalue weighted by molar-refractivity contribution is 5.85. The molecular weight excluding hydrogens is 328 g/mol. The quantitative estimate of drug-likeness (QED) is 0.706. The van der Waals surface area contributed by atoms with Crippen LogP contribution >= 0.6 is 0 Å². The van der Waals surface area contributed by atoms with E-state index >= 15 is 0 Å². The fraction of sp³-hybridized carbons (Fsp3) is 0.118. The molecular formula is C17H15F2N5O. The van der Waals surface area contributed by atoms with Crippen LogP contribution in [0.1, 0.15) is 29.6 Å². The van der Waals surface area contributed by atoms with Crippen molar-refractivity contribution in [2.75, 3.05) is 5.32 Å². The van der Waals surface area contributed by atoms with E-state index in [-0.39, 0.29) is 28.9 Å². The minimum absolute atomic E-state index is 0.0375. The van der Waals surface area contributed by atoms with Gasteiger partial charge in [0.2, 0.25) is 5.89 Å². The maximum atomic E-state index is 14.6. The molecule has 3 rings (SSSR count). The molecule has 0 radical (unpaired) electrons. The molecule has 0 aliphatic carbocycles. The Morgan fingerprint density at radius 2 is 2.24 bits per heavy atom. The smallest absolute Gasteiger partial charge is 0.316 e. The van der Waals surface area contributed by atoms with Gasteiger partial charge in [0, 0.05) is 12.1 Å². The zero-order valence-corrected chi connectivity index (χ0v) is 13.4. The fourth-order valence-electron chi connectivity index (χ4n) is 2.19. The Balaban J connectivity index is 1.76. The van der Waals surface area contributed by atoms with Crippen molar-refractivity contribution < 1.29 is 13.2 Å². The predicted octanol–water partition coefficient (Wildman–Crippen LogP) is 4.04. The summed E-state index contributed by atoms with van der Waals surface area (Å²) in [6, 6.07) is 6.23. The third-order valence-electron chi connectivity index (χ3n) is 3.52. The Morgan fingerprint density at radius 3 is 3.00 bits per heavy atom. The third kappa shape index (κ3) is 3.63. The standard InChI is InChI=1S/C17H15F2N5O/c1-3-14-13(9-21-22-14)15(19)10(2)16-23-24-17(25-16)20-8-11-5-4-6-12(18)7-11/h3-7,9H,1,8H2,2H3,(H,20,24)(H,21,22)/b15-10-. The Kier molecular flexibility index (Phi) is 4.69. The van der Waals surface area contributed by atoms with Gasteiger partial charge in [-0.25, -0.2) is 8.78 Å². The van der Waals surface area contributed by atoms with Crippen LogP contribution in [-0.2, 0) is 6.54 Å². The van der Waals surface area contributed by atoms with Crippen LogP contribution in [0.4, 0.5) is 14.8 Å². The van der Waals surface area contributed by atoms with Crippen molar-refractivity contribution in [2.45, 2.75) is 13.5 Å². The summed E-state index contributed by atoms with van der Waals surface area (Å²) < 4.78 is 33.1. The second kappa shape index (κ2) is 7.08. The van der Waals surface area contributed by atoms with E-state index in [1.165, 1.54) is 31.3 Å². The maximum Gasteiger partial charge on any atom is 0.316 e. The zero-order valence-electron chi connectivity index (χ0n) is 13.4. The number of aromatic amines is 1. The fourth-order valence-corrected chi connectivity index (χ4v) is 2.19. The van der Waals surface area contributed by atoms with Gasteiger partial charge in [0.1, 0.15) is 11.6 Å². The van der Waals surface area contributed by atoms with Crippen molar-refractivity contribution in [3.8, 4) is 0 Å². The van der Waals surface area contributed by atoms with Gasteiger partial charge in [0.25, 0.3) is 0 Å². The first-order valence-corrected chi connectivity index (χ1v) is 7.43. The minimum atomic E-state index is -0.538. The van der Waals surface area contributed by atoms with E-state index in [1.807, 2.05) is 0 Å². The molecule has 0 saturated heterocycles. The molecule has 0 aliphatic heterocycles. The van der Waals surface area contributed by atoms with Crippen LogP contribution in [0, 0.1) is 5.82 Å². The average Bonchev–Trinajstić information content (AvgIpc) is 3.27. The number of hydrogen-bond donors (Lipinski definition) is 2. The van der Waals surface area contributed by atoms with Gasteiger partial charge in [0.15, 0.2) is 0 Å². The number of aromatic nitrogens is 4. The summed E-state index contributed by atoms with van der Waals surface area (Å²) in [7, 11) is 0. The molecule has 0 unspecified atom stereocenters. The largest absolute Gasteiger partial charge is 0.404 e. The monoisotopic (exact) mass is 343 g/mol. The summed E-state index contributed by atoms with van der Waals surface area (Å²) in [6.45, 7) is 5.42. The number of halogens is 2. The Morgan fingerprint density at radius 1 is 1.40 bits per heavy atom. The Hall–Kier alpha value is -3.29. The van der Waals surface area contributed by atoms with Crippen LogP contribution in [0.2, 0.25) is 0 Å². The van der Waals surface area contributed by atoms with Gasteiger partial charge in [0.05, 0.1) is 17.5 Å². The van der Waals surface area contributed by atoms with Gasteiger partial charge >= 0.3 is 6.01 Å². The van der Waals surface area contributed by atoms with Crippen molar-refractivity contribution in [1.29, 1.82) is 0 Å². The molecule has 0 spiro atoms. The molecule has 3 aromatic rings. The molecule has 0 bridgehead atoms. The highest BCUT2D eigenvalue weighted by Crippen LogP contribution is 2.28. The highest BCUT2D eigenvalue weighted by atomic mass is 19.1. The first kappa shape index (κ1) is 16.6. The first-order chi connectivity index (χ1) is 12.1. The molecule has 128 valence electrons. The number of allylic oxidation sites excluding steroid dienone is 1. The number of H-pyrrole nitrogens is 1. The van der Waals surface area contributed by atoms with Gasteiger partial charge < -0.3 is 9.73 Å². The zero-order chi connectivity index (χ0) is 17.8. The van der Waals surface area contributed by atoms with Crippen molar-refractivity contribution >= 4 is 23.5 Å². The van der Waals surface area contributed by atoms with Crippen LogP contribution in [0.25, 0.3) is 17.5 Å². The van der Waals surface area contributed by atoms with Crippen molar-refractivity contribution in [2.24, 2.45) is 0 Å². The molecule has 1 aromatic carbocycles. The number of nitrogens with zero attached hydrogens (tertiary/aromatic N) is 3. The molecule has 0 amide bonds. The molecule has 2 aromatic heterocycles. The van der Waals surface area contributed by atoms with Crippen LogP contribution in [0.3, 0.4) is 0 Å². The average molecular weight is 343 g/mol. The predicted molar refractivity (Wildman–Crippen MR) is 90.3 cm³/mol. The van der Waals surface area contributed by atoms with Crippen LogP contribution in [0.15, 0.2) is 41.5 Å². The number of anilines is 1. The van der Waals surface area contributed by atoms with Gasteiger partial charge in [-0.1, -0.05) is 23.8 Å². The summed E-state index contributed by atoms with van der Waals surface area (Å²) in [6.07, 6.45) is 2.82. The first-order valence-electron chi connectivity index (χ1n) is 7.43. The van der Waals surface area contributed by atoms with E-state index in [4.69, 9.17) is 4.42 Å². The van der Waals surface area contributed by atoms with Crippen molar-refractivity contribution in [3.63, 3.8) is 0 Å². The summed E-state index contributed by atoms with van der Waals surface area (Å²) >= 11 is 0. The van der Waals surface area contributed by atoms with Crippen LogP contribution in [0.5, 0.6) is 0 Å². The van der Waals surface area contributed by atoms with Gasteiger partial charge in [-0.15, -0.1) is 5.10 Å². The molecule has 8 heteroatoms. The normalized spacial score (nSPS) is 12.0. The van der Waals surface area contributed by atoms with Crippen LogP contribution in [-0.4, -0.2) is 20.4 Å². The van der Waals surface area contributed by atoms with Crippen molar-refractivity contribution in [3.05, 3.63) is 65.6 Å². The highest BCUT2D eigenvalue weighted by Gasteiger charge is 2.16. The minimum Gasteiger partial charge on any atom is -0.404 e. The second-order valence-corrected chi connectivity index (χ2v) is 5.24. The van der Waals surface area contributed by atoms with E-state index in [2.05, 4.69) is 32.3 Å². The SMILES string of the molecule is C=Cc1[nH]ncc1/C(F)=C(\C)c1nnc(NCc2cccc(F)c2)o1. The number of benzene rings is 1. The summed E-state index contributed by atoms with van der Waals surface area (Å²) in [5, 5.41) is 16.9. The number of rotatable bonds is 6. The van der Waals surface area contributed by atoms with Gasteiger partial charge in [-0.3, -0.25) is 5.10 Å². The van der Waals surface area contributed by atoms with Crippen LogP contribution < -0.4 is 5.32 Å². The van der Waals surface area contributed by atoms with E-state index in [9.17, 15) is 8.78 Å². The lowest BCUT2D eigenvalue weighted by atomic mass is 10.1. The van der Waals surface area contributed by atoms with Gasteiger partial charge in [-0.05, 0) is 30.7 Å². The topological polar surface area (TPSA) is 79.6 Å². The molecule has 0 saturated carbocycles. The lowest BCUT2D eigenvalue weighted by molar-refractivity contribution is 0.548. The molecule has 2 heterocycles. The summed E-state index contributed by atoms with van der Waals surface area (Å²) in [5.74, 6) is -0.830. The third-order valence-corrected chi connectivity index (χ3v) is 3.52. The van der Waals surface area contributed by atoms with Gasteiger partial charge in [-0.2, -0.15) is 5.10 Å². The second-order valence-electron chi connectivity index (χ2n) is 5.24. The Labute approximate surface area is 142 Å². The van der Waals surface area contributed by atoms with E-state index in [0.29, 0.717) is 17.8 Å². The molecule has 0 fully saturated rings. The molecule has 2 N–H and O–H groups in total. The Bertz CT molecular complexity index is 929. The molecule has 0 aliphatic rings. The number of hydrogen-bond acceptors (Lipinski definition) is 5. The van der Waals surface area contributed by atoms with E-state index in [0.717, 1.165) is 0 Å².